The van der Waals surface area contributed by atoms with Crippen LogP contribution in [0.25, 0.3) is 0 Å². The van der Waals surface area contributed by atoms with Gasteiger partial charge in [-0.2, -0.15) is 0 Å². The lowest BCUT2D eigenvalue weighted by Crippen LogP contribution is -2.22. The van der Waals surface area contributed by atoms with Gasteiger partial charge in [-0.1, -0.05) is 0 Å². The van der Waals surface area contributed by atoms with Gasteiger partial charge in [-0.25, -0.2) is 0 Å². The number of rotatable bonds is 2. The van der Waals surface area contributed by atoms with Gasteiger partial charge in [0, 0.05) is 35.7 Å². The molecule has 0 aliphatic carbocycles. The van der Waals surface area contributed by atoms with Gasteiger partial charge in [-0.3, -0.25) is 0 Å². The van der Waals surface area contributed by atoms with Crippen LogP contribution in [-0.2, 0) is 0 Å². The van der Waals surface area contributed by atoms with Crippen LogP contribution in [0.4, 0.5) is 5.00 Å². The second-order valence-electron chi connectivity index (χ2n) is 3.34. The van der Waals surface area contributed by atoms with E-state index in [1.54, 1.807) is 11.3 Å². The van der Waals surface area contributed by atoms with Gasteiger partial charge < -0.3 is 15.7 Å². The highest BCUT2D eigenvalue weighted by Gasteiger charge is 2.20. The molecular formula is C9H14N2OS2. The molecule has 14 heavy (non-hydrogen) atoms. The van der Waals surface area contributed by atoms with E-state index >= 15 is 0 Å². The average Bonchev–Trinajstić information content (AvgIpc) is 2.62. The summed E-state index contributed by atoms with van der Waals surface area (Å²) in [6, 6.07) is 2.07. The summed E-state index contributed by atoms with van der Waals surface area (Å²) in [6.45, 7) is 1.38. The highest BCUT2D eigenvalue weighted by atomic mass is 32.2. The number of hydrogen-bond donors (Lipinski definition) is 2. The van der Waals surface area contributed by atoms with Crippen molar-refractivity contribution in [3.63, 3.8) is 0 Å². The largest absolute Gasteiger partial charge is 0.386 e. The maximum Gasteiger partial charge on any atom is 0.105 e. The maximum absolute atomic E-state index is 9.62. The predicted molar refractivity (Wildman–Crippen MR) is 62.3 cm³/mol. The van der Waals surface area contributed by atoms with E-state index in [0.29, 0.717) is 6.54 Å². The summed E-state index contributed by atoms with van der Waals surface area (Å²) >= 11 is 3.51. The molecule has 0 radical (unpaired) electrons. The first-order chi connectivity index (χ1) is 6.72. The predicted octanol–water partition coefficient (Wildman–Crippen LogP) is 1.28. The Morgan fingerprint density at radius 1 is 1.71 bits per heavy atom. The molecule has 2 heterocycles. The molecule has 0 saturated carbocycles. The fourth-order valence-electron chi connectivity index (χ4n) is 1.43. The Hall–Kier alpha value is -0.230. The molecule has 0 aromatic carbocycles. The lowest BCUT2D eigenvalue weighted by Gasteiger charge is -2.23. The minimum atomic E-state index is -0.500. The summed E-state index contributed by atoms with van der Waals surface area (Å²) in [5, 5.41) is 10.9. The third-order valence-corrected chi connectivity index (χ3v) is 4.77. The molecule has 78 valence electrons. The van der Waals surface area contributed by atoms with Crippen molar-refractivity contribution >= 4 is 28.1 Å². The van der Waals surface area contributed by atoms with Crippen molar-refractivity contribution in [2.75, 3.05) is 30.8 Å². The quantitative estimate of drug-likeness (QED) is 0.803. The lowest BCUT2D eigenvalue weighted by atomic mass is 10.3. The molecule has 5 heteroatoms. The molecule has 2 rings (SSSR count). The first-order valence-corrected chi connectivity index (χ1v) is 6.38. The number of fused-ring (bicyclic) bond motifs is 1. The number of anilines is 1. The molecule has 3 nitrogen and oxygen atoms in total. The van der Waals surface area contributed by atoms with Crippen molar-refractivity contribution in [2.24, 2.45) is 5.73 Å². The highest BCUT2D eigenvalue weighted by Crippen LogP contribution is 2.42. The molecule has 0 saturated heterocycles. The molecule has 3 N–H and O–H groups in total. The molecule has 1 aliphatic heterocycles. The maximum atomic E-state index is 9.62. The van der Waals surface area contributed by atoms with Gasteiger partial charge in [0.25, 0.3) is 0 Å². The van der Waals surface area contributed by atoms with Crippen LogP contribution in [0, 0.1) is 0 Å². The van der Waals surface area contributed by atoms with E-state index < -0.39 is 6.10 Å². The Bertz CT molecular complexity index is 327. The van der Waals surface area contributed by atoms with Gasteiger partial charge in [-0.15, -0.1) is 23.1 Å². The van der Waals surface area contributed by atoms with E-state index in [2.05, 4.69) is 18.0 Å². The summed E-state index contributed by atoms with van der Waals surface area (Å²) in [5.41, 5.74) is 5.43. The van der Waals surface area contributed by atoms with Gasteiger partial charge in [0.2, 0.25) is 0 Å². The highest BCUT2D eigenvalue weighted by molar-refractivity contribution is 7.99. The van der Waals surface area contributed by atoms with E-state index in [0.717, 1.165) is 17.2 Å². The van der Waals surface area contributed by atoms with Crippen LogP contribution in [0.3, 0.4) is 0 Å². The van der Waals surface area contributed by atoms with Gasteiger partial charge in [-0.05, 0) is 6.07 Å². The Kier molecular flexibility index (Phi) is 3.02. The van der Waals surface area contributed by atoms with Crippen LogP contribution >= 0.6 is 23.1 Å². The number of thioether (sulfide) groups is 1. The number of nitrogens with zero attached hydrogens (tertiary/aromatic N) is 1. The minimum Gasteiger partial charge on any atom is -0.386 e. The number of nitrogens with two attached hydrogens (primary N) is 1. The van der Waals surface area contributed by atoms with Crippen LogP contribution in [0.15, 0.2) is 11.0 Å². The Morgan fingerprint density at radius 3 is 3.14 bits per heavy atom. The average molecular weight is 230 g/mol. The van der Waals surface area contributed by atoms with Crippen molar-refractivity contribution in [3.05, 3.63) is 10.9 Å². The van der Waals surface area contributed by atoms with E-state index in [1.165, 1.54) is 9.90 Å². The molecule has 0 spiro atoms. The Balaban J connectivity index is 2.30. The second-order valence-corrected chi connectivity index (χ2v) is 5.54. The summed E-state index contributed by atoms with van der Waals surface area (Å²) in [7, 11) is 2.09. The number of thiophene rings is 1. The minimum absolute atomic E-state index is 0.299. The number of hydrogen-bond acceptors (Lipinski definition) is 5. The van der Waals surface area contributed by atoms with Crippen molar-refractivity contribution in [3.8, 4) is 0 Å². The smallest absolute Gasteiger partial charge is 0.105 e. The third kappa shape index (κ3) is 1.77. The van der Waals surface area contributed by atoms with Crippen molar-refractivity contribution in [1.29, 1.82) is 0 Å². The van der Waals surface area contributed by atoms with E-state index in [4.69, 9.17) is 5.73 Å². The van der Waals surface area contributed by atoms with Crippen molar-refractivity contribution < 1.29 is 5.11 Å². The second kappa shape index (κ2) is 4.10. The molecule has 0 bridgehead atoms. The Morgan fingerprint density at radius 2 is 2.50 bits per heavy atom. The molecule has 0 fully saturated rings. The standard InChI is InChI=1S/C9H14N2OS2/c1-11-2-3-13-8-4-7(6(12)5-10)14-9(8)11/h4,6,12H,2-3,5,10H2,1H3. The van der Waals surface area contributed by atoms with Crippen LogP contribution in [0.1, 0.15) is 11.0 Å². The van der Waals surface area contributed by atoms with Gasteiger partial charge in [0.15, 0.2) is 0 Å². The molecule has 1 aliphatic rings. The topological polar surface area (TPSA) is 49.5 Å². The third-order valence-electron chi connectivity index (χ3n) is 2.28. The summed E-state index contributed by atoms with van der Waals surface area (Å²) in [5.74, 6) is 1.12. The normalized spacial score (nSPS) is 18.1. The monoisotopic (exact) mass is 230 g/mol. The van der Waals surface area contributed by atoms with Gasteiger partial charge >= 0.3 is 0 Å². The van der Waals surface area contributed by atoms with Crippen molar-refractivity contribution in [2.45, 2.75) is 11.0 Å². The van der Waals surface area contributed by atoms with Crippen LogP contribution in [-0.4, -0.2) is 31.0 Å². The summed E-state index contributed by atoms with van der Waals surface area (Å²) in [6.07, 6.45) is -0.500. The van der Waals surface area contributed by atoms with E-state index in [1.807, 2.05) is 11.8 Å². The van der Waals surface area contributed by atoms with Crippen molar-refractivity contribution in [1.82, 2.24) is 0 Å². The molecule has 1 aromatic rings. The molecule has 1 aromatic heterocycles. The fraction of sp³-hybridized carbons (Fsp3) is 0.556. The molecular weight excluding hydrogens is 216 g/mol. The first kappa shape index (κ1) is 10.3. The van der Waals surface area contributed by atoms with Crippen LogP contribution in [0.2, 0.25) is 0 Å². The fourth-order valence-corrected chi connectivity index (χ4v) is 3.92. The first-order valence-electron chi connectivity index (χ1n) is 4.58. The van der Waals surface area contributed by atoms with Gasteiger partial charge in [0.1, 0.15) is 11.1 Å². The zero-order valence-corrected chi connectivity index (χ0v) is 9.70. The molecule has 1 atom stereocenters. The lowest BCUT2D eigenvalue weighted by molar-refractivity contribution is 0.190. The molecule has 1 unspecified atom stereocenters. The number of aliphatic hydroxyl groups is 1. The zero-order chi connectivity index (χ0) is 10.1. The zero-order valence-electron chi connectivity index (χ0n) is 8.06. The van der Waals surface area contributed by atoms with Crippen LogP contribution < -0.4 is 10.6 Å². The van der Waals surface area contributed by atoms with Crippen LogP contribution in [0.5, 0.6) is 0 Å². The summed E-state index contributed by atoms with van der Waals surface area (Å²) in [4.78, 5) is 4.51. The molecule has 0 amide bonds. The SMILES string of the molecule is CN1CCSc2cc(C(O)CN)sc21. The van der Waals surface area contributed by atoms with E-state index in [-0.39, 0.29) is 0 Å². The van der Waals surface area contributed by atoms with Gasteiger partial charge in [0.05, 0.1) is 0 Å². The van der Waals surface area contributed by atoms with E-state index in [9.17, 15) is 5.11 Å². The summed E-state index contributed by atoms with van der Waals surface area (Å²) < 4.78 is 0. The number of aliphatic hydroxyl groups excluding tert-OH is 1. The Labute approximate surface area is 91.9 Å².